The van der Waals surface area contributed by atoms with Crippen molar-refractivity contribution in [3.8, 4) is 117 Å². The van der Waals surface area contributed by atoms with Crippen molar-refractivity contribution in [3.63, 3.8) is 0 Å². The summed E-state index contributed by atoms with van der Waals surface area (Å²) in [6.07, 6.45) is 0. The van der Waals surface area contributed by atoms with Crippen molar-refractivity contribution >= 4 is 193 Å². The quantitative estimate of drug-likeness (QED) is 0.122. The maximum absolute atomic E-state index is 6.78. The molecule has 0 radical (unpaired) electrons. The number of fused-ring (bicyclic) bond motifs is 24. The Bertz CT molecular complexity index is 10200. The molecule has 0 bridgehead atoms. The topological polar surface area (TPSA) is 54.2 Å². The SMILES string of the molecule is c1ccc(-c2ccc3oc4c(-c5cccc(-c6ccc7sc8c9ccccc9n(-c9ccccc9)c8c7c6)c5)cccc4c3c2)cc1.c1ccc(-c2cccc3c2oc2c(-c4cccc(-c5cccc6sc7c8ccccc8n(-c8ccccc8)c7c56)c4)cccc23)cc1.c1ccc(-c2cccc3c2oc2cccc(-c4cccc(-c5ccc6sc7c8ccccc8n(-c8ccccc8)c7c6c5)c4)c23)cc1. The lowest BCUT2D eigenvalue weighted by Gasteiger charge is -2.11. The van der Waals surface area contributed by atoms with Crippen molar-refractivity contribution in [1.82, 2.24) is 13.7 Å². The molecule has 9 heteroatoms. The third-order valence-electron chi connectivity index (χ3n) is 28.2. The summed E-state index contributed by atoms with van der Waals surface area (Å²) in [6, 6.07) is 176. The minimum atomic E-state index is 0.905. The molecule has 30 aromatic rings. The number of para-hydroxylation sites is 10. The molecule has 0 aliphatic heterocycles. The van der Waals surface area contributed by atoms with Crippen molar-refractivity contribution in [2.45, 2.75) is 0 Å². The van der Waals surface area contributed by atoms with Gasteiger partial charge in [0.25, 0.3) is 0 Å². The zero-order valence-corrected chi connectivity index (χ0v) is 78.5. The van der Waals surface area contributed by atoms with E-state index in [0.29, 0.717) is 0 Å². The third kappa shape index (κ3) is 13.6. The minimum Gasteiger partial charge on any atom is -0.455 e. The standard InChI is InChI=1S/3C44H27NOS/c1-3-13-28(14-4-1)33-21-10-23-35-36-24-11-22-34(43(36)46-42(33)35)30-16-9-15-29(27-30)32-20-12-26-39-40(32)41-44(47-39)37-19-7-8-25-38(37)45(41)31-17-5-2-6-18-31;1-3-12-28(13-4-1)34-20-10-21-36-41-33(19-11-23-39(41)46-43(34)36)31-15-9-14-29(26-31)30-24-25-40-37(27-30)42-44(47-40)35-18-7-8-22-38(35)45(42)32-16-5-2-6-17-32;1-3-11-28(12-4-1)30-21-23-40-37(26-30)35-19-10-18-34(43(35)46-40)32-14-9-13-29(25-32)31-22-24-41-38(27-31)42-44(47-41)36-17-7-8-20-39(36)45(42)33-15-5-2-6-16-33/h3*1-27H. The van der Waals surface area contributed by atoms with Gasteiger partial charge in [0.05, 0.1) is 47.2 Å². The Kier molecular flexibility index (Phi) is 19.5. The number of furan rings is 3. The van der Waals surface area contributed by atoms with Crippen LogP contribution in [0.2, 0.25) is 0 Å². The van der Waals surface area contributed by atoms with Gasteiger partial charge in [-0.1, -0.05) is 370 Å². The second-order valence-corrected chi connectivity index (χ2v) is 39.4. The molecule has 0 N–H and O–H groups in total. The predicted octanol–water partition coefficient (Wildman–Crippen LogP) is 38.7. The van der Waals surface area contributed by atoms with Crippen molar-refractivity contribution in [3.05, 3.63) is 491 Å². The van der Waals surface area contributed by atoms with Crippen molar-refractivity contribution in [1.29, 1.82) is 0 Å². The first-order valence-corrected chi connectivity index (χ1v) is 50.2. The van der Waals surface area contributed by atoms with Gasteiger partial charge in [0.1, 0.15) is 33.5 Å². The summed E-state index contributed by atoms with van der Waals surface area (Å²) >= 11 is 5.65. The zero-order valence-electron chi connectivity index (χ0n) is 76.1. The first-order valence-electron chi connectivity index (χ1n) is 47.8. The highest BCUT2D eigenvalue weighted by Gasteiger charge is 2.27. The summed E-state index contributed by atoms with van der Waals surface area (Å²) in [5, 5.41) is 14.6. The summed E-state index contributed by atoms with van der Waals surface area (Å²) in [4.78, 5) is 0. The molecule has 6 nitrogen and oxygen atoms in total. The van der Waals surface area contributed by atoms with Gasteiger partial charge in [-0.25, -0.2) is 0 Å². The second-order valence-electron chi connectivity index (χ2n) is 36.3. The van der Waals surface area contributed by atoms with Crippen LogP contribution in [0, 0.1) is 0 Å². The predicted molar refractivity (Wildman–Crippen MR) is 599 cm³/mol. The normalized spacial score (nSPS) is 11.8. The van der Waals surface area contributed by atoms with Crippen LogP contribution in [0.15, 0.2) is 505 Å². The van der Waals surface area contributed by atoms with E-state index in [9.17, 15) is 0 Å². The van der Waals surface area contributed by atoms with Crippen LogP contribution in [0.25, 0.3) is 277 Å². The van der Waals surface area contributed by atoms with Crippen molar-refractivity contribution < 1.29 is 13.3 Å². The van der Waals surface area contributed by atoms with Gasteiger partial charge in [0.2, 0.25) is 0 Å². The van der Waals surface area contributed by atoms with Crippen LogP contribution in [-0.4, -0.2) is 13.7 Å². The Labute approximate surface area is 822 Å². The number of thiophene rings is 3. The molecule has 141 heavy (non-hydrogen) atoms. The average Bonchev–Trinajstić information content (AvgIpc) is 1.56. The van der Waals surface area contributed by atoms with E-state index in [1.807, 2.05) is 34.0 Å². The largest absolute Gasteiger partial charge is 0.455 e. The Morgan fingerprint density at radius 2 is 0.454 bits per heavy atom. The molecule has 9 heterocycles. The van der Waals surface area contributed by atoms with E-state index in [2.05, 4.69) is 505 Å². The summed E-state index contributed by atoms with van der Waals surface area (Å²) in [6.45, 7) is 0. The molecule has 0 fully saturated rings. The maximum atomic E-state index is 6.78. The van der Waals surface area contributed by atoms with Crippen molar-refractivity contribution in [2.75, 3.05) is 0 Å². The van der Waals surface area contributed by atoms with Crippen LogP contribution in [0.1, 0.15) is 0 Å². The molecular weight excluding hydrogens is 1770 g/mol. The number of hydrogen-bond donors (Lipinski definition) is 0. The first kappa shape index (κ1) is 81.6. The lowest BCUT2D eigenvalue weighted by Crippen LogP contribution is -1.93. The Hall–Kier alpha value is -17.7. The molecule has 0 spiro atoms. The fourth-order valence-corrected chi connectivity index (χ4v) is 25.5. The van der Waals surface area contributed by atoms with E-state index in [4.69, 9.17) is 13.3 Å². The summed E-state index contributed by atoms with van der Waals surface area (Å²) < 4.78 is 35.1. The van der Waals surface area contributed by atoms with Crippen LogP contribution in [0.5, 0.6) is 0 Å². The monoisotopic (exact) mass is 1850 g/mol. The number of aromatic nitrogens is 3. The summed E-state index contributed by atoms with van der Waals surface area (Å²) in [5.41, 5.74) is 37.6. The van der Waals surface area contributed by atoms with E-state index in [0.717, 1.165) is 110 Å². The minimum absolute atomic E-state index is 0.905. The highest BCUT2D eigenvalue weighted by molar-refractivity contribution is 7.27. The molecule has 0 unspecified atom stereocenters. The first-order chi connectivity index (χ1) is 69.9. The molecule has 0 aliphatic rings. The third-order valence-corrected chi connectivity index (χ3v) is 31.8. The van der Waals surface area contributed by atoms with E-state index >= 15 is 0 Å². The summed E-state index contributed by atoms with van der Waals surface area (Å²) in [7, 11) is 0. The van der Waals surface area contributed by atoms with Gasteiger partial charge in [-0.15, -0.1) is 34.0 Å². The molecule has 0 saturated carbocycles. The van der Waals surface area contributed by atoms with Gasteiger partial charge in [0, 0.05) is 118 Å². The lowest BCUT2D eigenvalue weighted by molar-refractivity contribution is 0.669. The molecule has 0 saturated heterocycles. The van der Waals surface area contributed by atoms with Gasteiger partial charge < -0.3 is 27.0 Å². The molecule has 0 aliphatic carbocycles. The Morgan fingerprint density at radius 3 is 0.943 bits per heavy atom. The van der Waals surface area contributed by atoms with E-state index in [-0.39, 0.29) is 0 Å². The molecule has 0 amide bonds. The van der Waals surface area contributed by atoms with Crippen LogP contribution in [0.4, 0.5) is 0 Å². The van der Waals surface area contributed by atoms with Gasteiger partial charge in [-0.05, 0) is 199 Å². The van der Waals surface area contributed by atoms with Gasteiger partial charge in [-0.3, -0.25) is 0 Å². The smallest absolute Gasteiger partial charge is 0.143 e. The van der Waals surface area contributed by atoms with Gasteiger partial charge >= 0.3 is 0 Å². The number of nitrogens with zero attached hydrogens (tertiary/aromatic N) is 3. The van der Waals surface area contributed by atoms with E-state index in [1.165, 1.54) is 166 Å². The number of benzene rings is 21. The molecule has 660 valence electrons. The fraction of sp³-hybridized carbons (Fsp3) is 0. The van der Waals surface area contributed by atoms with Crippen LogP contribution in [-0.2, 0) is 0 Å². The fourth-order valence-electron chi connectivity index (χ4n) is 21.8. The van der Waals surface area contributed by atoms with E-state index in [1.54, 1.807) is 0 Å². The van der Waals surface area contributed by atoms with Gasteiger partial charge in [0.15, 0.2) is 0 Å². The highest BCUT2D eigenvalue weighted by atomic mass is 32.1. The van der Waals surface area contributed by atoms with Crippen molar-refractivity contribution in [2.24, 2.45) is 0 Å². The van der Waals surface area contributed by atoms with Gasteiger partial charge in [-0.2, -0.15) is 0 Å². The molecule has 21 aromatic carbocycles. The maximum Gasteiger partial charge on any atom is 0.143 e. The summed E-state index contributed by atoms with van der Waals surface area (Å²) in [5.74, 6) is 0. The molecule has 0 atom stereocenters. The van der Waals surface area contributed by atoms with Crippen LogP contribution < -0.4 is 0 Å². The van der Waals surface area contributed by atoms with E-state index < -0.39 is 0 Å². The Morgan fingerprint density at radius 1 is 0.156 bits per heavy atom. The Balaban J connectivity index is 0.000000104. The molecule has 9 aromatic heterocycles. The average molecular weight is 1850 g/mol. The highest BCUT2D eigenvalue weighted by Crippen LogP contribution is 2.52. The van der Waals surface area contributed by atoms with Crippen LogP contribution in [0.3, 0.4) is 0 Å². The molecular formula is C132H81N3O3S3. The number of hydrogen-bond acceptors (Lipinski definition) is 6. The zero-order chi connectivity index (χ0) is 92.7. The lowest BCUT2D eigenvalue weighted by atomic mass is 9.95. The second kappa shape index (κ2) is 33.6. The number of rotatable bonds is 12. The van der Waals surface area contributed by atoms with Crippen LogP contribution >= 0.6 is 34.0 Å². The molecule has 30 rings (SSSR count).